The van der Waals surface area contributed by atoms with Crippen LogP contribution >= 0.6 is 11.6 Å². The Morgan fingerprint density at radius 2 is 1.73 bits per heavy atom. The second kappa shape index (κ2) is 7.09. The molecular formula is C17H16ClNO3. The van der Waals surface area contributed by atoms with E-state index >= 15 is 0 Å². The van der Waals surface area contributed by atoms with Crippen molar-refractivity contribution >= 4 is 29.2 Å². The Balaban J connectivity index is 1.98. The average molecular weight is 318 g/mol. The fourth-order valence-electron chi connectivity index (χ4n) is 1.77. The van der Waals surface area contributed by atoms with Crippen LogP contribution in [0.15, 0.2) is 48.5 Å². The molecule has 0 saturated carbocycles. The summed E-state index contributed by atoms with van der Waals surface area (Å²) in [7, 11) is 0. The molecule has 5 heteroatoms. The fraction of sp³-hybridized carbons (Fsp3) is 0.176. The summed E-state index contributed by atoms with van der Waals surface area (Å²) in [5.41, 5.74) is 1.93. The maximum Gasteiger partial charge on any atom is 0.338 e. The monoisotopic (exact) mass is 317 g/mol. The maximum absolute atomic E-state index is 12.0. The van der Waals surface area contributed by atoms with Crippen molar-refractivity contribution in [3.05, 3.63) is 64.7 Å². The van der Waals surface area contributed by atoms with Gasteiger partial charge in [-0.2, -0.15) is 0 Å². The molecular weight excluding hydrogens is 302 g/mol. The first kappa shape index (κ1) is 16.0. The lowest BCUT2D eigenvalue weighted by Gasteiger charge is -2.14. The molecule has 0 aromatic heterocycles. The molecule has 22 heavy (non-hydrogen) atoms. The SMILES string of the molecule is Cc1ccc(C(=O)OC(C)C(=O)Nc2ccccc2Cl)cc1. The molecule has 0 fully saturated rings. The van der Waals surface area contributed by atoms with Crippen LogP contribution in [0.2, 0.25) is 5.02 Å². The third-order valence-electron chi connectivity index (χ3n) is 3.07. The Kier molecular flexibility index (Phi) is 5.17. The zero-order chi connectivity index (χ0) is 16.1. The summed E-state index contributed by atoms with van der Waals surface area (Å²) in [4.78, 5) is 24.0. The van der Waals surface area contributed by atoms with E-state index in [1.807, 2.05) is 19.1 Å². The van der Waals surface area contributed by atoms with Crippen LogP contribution in [0, 0.1) is 6.92 Å². The van der Waals surface area contributed by atoms with Crippen molar-refractivity contribution < 1.29 is 14.3 Å². The molecule has 0 bridgehead atoms. The molecule has 114 valence electrons. The fourth-order valence-corrected chi connectivity index (χ4v) is 1.95. The summed E-state index contributed by atoms with van der Waals surface area (Å²) in [6.07, 6.45) is -0.926. The number of benzene rings is 2. The van der Waals surface area contributed by atoms with E-state index in [1.165, 1.54) is 6.92 Å². The van der Waals surface area contributed by atoms with Gasteiger partial charge in [-0.15, -0.1) is 0 Å². The number of ether oxygens (including phenoxy) is 1. The van der Waals surface area contributed by atoms with Gasteiger partial charge in [-0.25, -0.2) is 4.79 Å². The number of rotatable bonds is 4. The first-order chi connectivity index (χ1) is 10.5. The quantitative estimate of drug-likeness (QED) is 0.872. The molecule has 0 aliphatic heterocycles. The Morgan fingerprint density at radius 1 is 1.09 bits per heavy atom. The van der Waals surface area contributed by atoms with E-state index in [9.17, 15) is 9.59 Å². The van der Waals surface area contributed by atoms with Crippen LogP contribution in [0.1, 0.15) is 22.8 Å². The zero-order valence-electron chi connectivity index (χ0n) is 12.3. The summed E-state index contributed by atoms with van der Waals surface area (Å²) < 4.78 is 5.16. The minimum absolute atomic E-state index is 0.406. The number of hydrogen-bond acceptors (Lipinski definition) is 3. The van der Waals surface area contributed by atoms with Gasteiger partial charge < -0.3 is 10.1 Å². The van der Waals surface area contributed by atoms with Gasteiger partial charge in [0.25, 0.3) is 5.91 Å². The summed E-state index contributed by atoms with van der Waals surface area (Å²) in [5.74, 6) is -0.977. The van der Waals surface area contributed by atoms with Gasteiger partial charge in [0.2, 0.25) is 0 Å². The van der Waals surface area contributed by atoms with E-state index in [0.717, 1.165) is 5.56 Å². The van der Waals surface area contributed by atoms with Gasteiger partial charge in [-0.3, -0.25) is 4.79 Å². The van der Waals surface area contributed by atoms with Crippen LogP contribution in [0.3, 0.4) is 0 Å². The van der Waals surface area contributed by atoms with Crippen LogP contribution in [-0.2, 0) is 9.53 Å². The van der Waals surface area contributed by atoms with Gasteiger partial charge in [0.05, 0.1) is 16.3 Å². The van der Waals surface area contributed by atoms with Gasteiger partial charge in [0, 0.05) is 0 Å². The standard InChI is InChI=1S/C17H16ClNO3/c1-11-7-9-13(10-8-11)17(21)22-12(2)16(20)19-15-6-4-3-5-14(15)18/h3-10,12H,1-2H3,(H,19,20). The summed E-state index contributed by atoms with van der Waals surface area (Å²) in [5, 5.41) is 3.05. The first-order valence-corrected chi connectivity index (χ1v) is 7.18. The minimum Gasteiger partial charge on any atom is -0.449 e. The summed E-state index contributed by atoms with van der Waals surface area (Å²) >= 11 is 5.97. The first-order valence-electron chi connectivity index (χ1n) is 6.80. The van der Waals surface area contributed by atoms with Gasteiger partial charge in [-0.1, -0.05) is 41.4 Å². The van der Waals surface area contributed by atoms with E-state index < -0.39 is 18.0 Å². The molecule has 0 aliphatic rings. The van der Waals surface area contributed by atoms with E-state index in [2.05, 4.69) is 5.32 Å². The van der Waals surface area contributed by atoms with E-state index in [0.29, 0.717) is 16.3 Å². The van der Waals surface area contributed by atoms with Crippen LogP contribution in [-0.4, -0.2) is 18.0 Å². The molecule has 1 amide bonds. The summed E-state index contributed by atoms with van der Waals surface area (Å²) in [6, 6.07) is 13.8. The third kappa shape index (κ3) is 4.09. The highest BCUT2D eigenvalue weighted by molar-refractivity contribution is 6.33. The number of para-hydroxylation sites is 1. The molecule has 0 aliphatic carbocycles. The highest BCUT2D eigenvalue weighted by atomic mass is 35.5. The lowest BCUT2D eigenvalue weighted by Crippen LogP contribution is -2.30. The van der Waals surface area contributed by atoms with Crippen molar-refractivity contribution in [1.29, 1.82) is 0 Å². The van der Waals surface area contributed by atoms with Crippen molar-refractivity contribution in [2.24, 2.45) is 0 Å². The highest BCUT2D eigenvalue weighted by Gasteiger charge is 2.19. The molecule has 2 rings (SSSR count). The number of esters is 1. The second-order valence-electron chi connectivity index (χ2n) is 4.88. The van der Waals surface area contributed by atoms with Crippen molar-refractivity contribution in [2.45, 2.75) is 20.0 Å². The van der Waals surface area contributed by atoms with Crippen LogP contribution < -0.4 is 5.32 Å². The topological polar surface area (TPSA) is 55.4 Å². The Hall–Kier alpha value is -2.33. The van der Waals surface area contributed by atoms with Gasteiger partial charge in [-0.05, 0) is 38.1 Å². The molecule has 2 aromatic rings. The molecule has 0 heterocycles. The smallest absolute Gasteiger partial charge is 0.338 e. The van der Waals surface area contributed by atoms with E-state index in [1.54, 1.807) is 36.4 Å². The predicted molar refractivity (Wildman–Crippen MR) is 86.1 cm³/mol. The molecule has 4 nitrogen and oxygen atoms in total. The minimum atomic E-state index is -0.926. The highest BCUT2D eigenvalue weighted by Crippen LogP contribution is 2.20. The average Bonchev–Trinajstić information content (AvgIpc) is 2.50. The van der Waals surface area contributed by atoms with E-state index in [-0.39, 0.29) is 0 Å². The van der Waals surface area contributed by atoms with Gasteiger partial charge in [0.15, 0.2) is 6.10 Å². The predicted octanol–water partition coefficient (Wildman–Crippen LogP) is 3.83. The molecule has 0 saturated heterocycles. The largest absolute Gasteiger partial charge is 0.449 e. The normalized spacial score (nSPS) is 11.6. The lowest BCUT2D eigenvalue weighted by molar-refractivity contribution is -0.123. The Bertz CT molecular complexity index is 683. The van der Waals surface area contributed by atoms with Crippen molar-refractivity contribution in [3.8, 4) is 0 Å². The van der Waals surface area contributed by atoms with Crippen molar-refractivity contribution in [2.75, 3.05) is 5.32 Å². The van der Waals surface area contributed by atoms with Crippen LogP contribution in [0.25, 0.3) is 0 Å². The third-order valence-corrected chi connectivity index (χ3v) is 3.40. The number of nitrogens with one attached hydrogen (secondary N) is 1. The number of hydrogen-bond donors (Lipinski definition) is 1. The molecule has 0 spiro atoms. The van der Waals surface area contributed by atoms with Crippen LogP contribution in [0.5, 0.6) is 0 Å². The molecule has 1 unspecified atom stereocenters. The van der Waals surface area contributed by atoms with Crippen LogP contribution in [0.4, 0.5) is 5.69 Å². The molecule has 1 N–H and O–H groups in total. The van der Waals surface area contributed by atoms with E-state index in [4.69, 9.17) is 16.3 Å². The number of halogens is 1. The van der Waals surface area contributed by atoms with Crippen molar-refractivity contribution in [1.82, 2.24) is 0 Å². The Labute approximate surface area is 134 Å². The zero-order valence-corrected chi connectivity index (χ0v) is 13.1. The molecule has 2 aromatic carbocycles. The second-order valence-corrected chi connectivity index (χ2v) is 5.29. The van der Waals surface area contributed by atoms with Gasteiger partial charge >= 0.3 is 5.97 Å². The number of anilines is 1. The Morgan fingerprint density at radius 3 is 2.36 bits per heavy atom. The molecule has 0 radical (unpaired) electrons. The van der Waals surface area contributed by atoms with Crippen molar-refractivity contribution in [3.63, 3.8) is 0 Å². The maximum atomic E-state index is 12.0. The summed E-state index contributed by atoms with van der Waals surface area (Å²) in [6.45, 7) is 3.44. The number of carbonyl (C=O) groups excluding carboxylic acids is 2. The van der Waals surface area contributed by atoms with Gasteiger partial charge in [0.1, 0.15) is 0 Å². The number of aryl methyl sites for hydroxylation is 1. The number of amides is 1. The number of carbonyl (C=O) groups is 2. The lowest BCUT2D eigenvalue weighted by atomic mass is 10.1. The molecule has 1 atom stereocenters.